The van der Waals surface area contributed by atoms with E-state index in [2.05, 4.69) is 31.5 Å². The molecule has 1 aromatic carbocycles. The van der Waals surface area contributed by atoms with E-state index >= 15 is 0 Å². The second-order valence-corrected chi connectivity index (χ2v) is 6.72. The van der Waals surface area contributed by atoms with E-state index in [0.29, 0.717) is 5.82 Å². The molecular weight excluding hydrogens is 378 g/mol. The Bertz CT molecular complexity index is 650. The van der Waals surface area contributed by atoms with E-state index in [4.69, 9.17) is 0 Å². The van der Waals surface area contributed by atoms with E-state index in [9.17, 15) is 9.59 Å². The zero-order chi connectivity index (χ0) is 16.7. The number of aryl methyl sites for hydroxylation is 1. The van der Waals surface area contributed by atoms with E-state index in [0.717, 1.165) is 15.7 Å². The molecule has 0 bridgehead atoms. The van der Waals surface area contributed by atoms with Crippen LogP contribution in [-0.2, 0) is 9.59 Å². The average molecular weight is 394 g/mol. The van der Waals surface area contributed by atoms with Gasteiger partial charge in [0.2, 0.25) is 11.8 Å². The Balaban J connectivity index is 1.71. The SMILES string of the molecule is Cc1ccnc(NC(=O)CSCC(=O)Nc2cccc(Br)c2)c1. The topological polar surface area (TPSA) is 71.1 Å². The summed E-state index contributed by atoms with van der Waals surface area (Å²) in [5, 5.41) is 5.48. The third-order valence-electron chi connectivity index (χ3n) is 2.76. The Morgan fingerprint density at radius 3 is 2.57 bits per heavy atom. The van der Waals surface area contributed by atoms with Crippen LogP contribution in [0.2, 0.25) is 0 Å². The molecule has 2 amide bonds. The van der Waals surface area contributed by atoms with Crippen LogP contribution in [0.3, 0.4) is 0 Å². The number of benzene rings is 1. The second kappa shape index (κ2) is 8.69. The van der Waals surface area contributed by atoms with Crippen molar-refractivity contribution in [3.8, 4) is 0 Å². The Labute approximate surface area is 147 Å². The molecular formula is C16H16BrN3O2S. The molecule has 2 N–H and O–H groups in total. The van der Waals surface area contributed by atoms with Crippen molar-refractivity contribution in [3.63, 3.8) is 0 Å². The molecule has 0 aliphatic rings. The number of anilines is 2. The highest BCUT2D eigenvalue weighted by atomic mass is 79.9. The van der Waals surface area contributed by atoms with Gasteiger partial charge < -0.3 is 10.6 Å². The van der Waals surface area contributed by atoms with Gasteiger partial charge in [0, 0.05) is 16.4 Å². The highest BCUT2D eigenvalue weighted by Crippen LogP contribution is 2.16. The molecule has 0 radical (unpaired) electrons. The molecule has 0 aliphatic heterocycles. The van der Waals surface area contributed by atoms with Crippen LogP contribution in [0.25, 0.3) is 0 Å². The quantitative estimate of drug-likeness (QED) is 0.787. The van der Waals surface area contributed by atoms with Gasteiger partial charge in [0.15, 0.2) is 0 Å². The number of pyridine rings is 1. The molecule has 0 saturated carbocycles. The van der Waals surface area contributed by atoms with Crippen molar-refractivity contribution in [3.05, 3.63) is 52.6 Å². The first-order chi connectivity index (χ1) is 11.0. The highest BCUT2D eigenvalue weighted by molar-refractivity contribution is 9.10. The van der Waals surface area contributed by atoms with Gasteiger partial charge in [0.05, 0.1) is 11.5 Å². The summed E-state index contributed by atoms with van der Waals surface area (Å²) in [5.74, 6) is 0.607. The van der Waals surface area contributed by atoms with Crippen LogP contribution < -0.4 is 10.6 Å². The van der Waals surface area contributed by atoms with Crippen molar-refractivity contribution in [1.82, 2.24) is 4.98 Å². The number of amides is 2. The predicted molar refractivity (Wildman–Crippen MR) is 97.7 cm³/mol. The van der Waals surface area contributed by atoms with Gasteiger partial charge in [-0.05, 0) is 42.8 Å². The molecule has 2 rings (SSSR count). The van der Waals surface area contributed by atoms with Crippen LogP contribution in [0.5, 0.6) is 0 Å². The van der Waals surface area contributed by atoms with Crippen LogP contribution in [0.4, 0.5) is 11.5 Å². The fraction of sp³-hybridized carbons (Fsp3) is 0.188. The van der Waals surface area contributed by atoms with Crippen LogP contribution in [0.1, 0.15) is 5.56 Å². The number of halogens is 1. The Hall–Kier alpha value is -1.86. The maximum Gasteiger partial charge on any atom is 0.235 e. The molecule has 0 atom stereocenters. The van der Waals surface area contributed by atoms with E-state index < -0.39 is 0 Å². The fourth-order valence-electron chi connectivity index (χ4n) is 1.78. The number of aromatic nitrogens is 1. The lowest BCUT2D eigenvalue weighted by Gasteiger charge is -2.06. The Kier molecular flexibility index (Phi) is 6.61. The third kappa shape index (κ3) is 6.42. The molecule has 2 aromatic rings. The van der Waals surface area contributed by atoms with Crippen LogP contribution in [0.15, 0.2) is 47.1 Å². The molecule has 0 aliphatic carbocycles. The van der Waals surface area contributed by atoms with Gasteiger partial charge in [-0.25, -0.2) is 4.98 Å². The van der Waals surface area contributed by atoms with Gasteiger partial charge >= 0.3 is 0 Å². The summed E-state index contributed by atoms with van der Waals surface area (Å²) < 4.78 is 0.896. The van der Waals surface area contributed by atoms with Crippen molar-refractivity contribution < 1.29 is 9.59 Å². The summed E-state index contributed by atoms with van der Waals surface area (Å²) in [6, 6.07) is 11.0. The van der Waals surface area contributed by atoms with Crippen molar-refractivity contribution in [1.29, 1.82) is 0 Å². The van der Waals surface area contributed by atoms with Crippen LogP contribution >= 0.6 is 27.7 Å². The Morgan fingerprint density at radius 2 is 1.87 bits per heavy atom. The Morgan fingerprint density at radius 1 is 1.13 bits per heavy atom. The summed E-state index contributed by atoms with van der Waals surface area (Å²) in [7, 11) is 0. The molecule has 0 saturated heterocycles. The summed E-state index contributed by atoms with van der Waals surface area (Å²) in [6.45, 7) is 1.93. The van der Waals surface area contributed by atoms with Gasteiger partial charge in [0.1, 0.15) is 5.82 Å². The number of nitrogens with one attached hydrogen (secondary N) is 2. The fourth-order valence-corrected chi connectivity index (χ4v) is 2.80. The van der Waals surface area contributed by atoms with Crippen LogP contribution in [-0.4, -0.2) is 28.3 Å². The zero-order valence-electron chi connectivity index (χ0n) is 12.5. The maximum absolute atomic E-state index is 11.8. The van der Waals surface area contributed by atoms with Crippen LogP contribution in [0, 0.1) is 6.92 Å². The van der Waals surface area contributed by atoms with Gasteiger partial charge in [-0.2, -0.15) is 0 Å². The second-order valence-electron chi connectivity index (χ2n) is 4.82. The largest absolute Gasteiger partial charge is 0.325 e. The van der Waals surface area contributed by atoms with Gasteiger partial charge in [-0.3, -0.25) is 9.59 Å². The summed E-state index contributed by atoms with van der Waals surface area (Å²) in [5.41, 5.74) is 1.75. The van der Waals surface area contributed by atoms with Gasteiger partial charge in [-0.1, -0.05) is 22.0 Å². The molecule has 1 heterocycles. The monoisotopic (exact) mass is 393 g/mol. The average Bonchev–Trinajstić information content (AvgIpc) is 2.47. The molecule has 1 aromatic heterocycles. The minimum atomic E-state index is -0.177. The lowest BCUT2D eigenvalue weighted by atomic mass is 10.3. The minimum absolute atomic E-state index is 0.144. The van der Waals surface area contributed by atoms with Crippen molar-refractivity contribution in [2.24, 2.45) is 0 Å². The number of nitrogens with zero attached hydrogens (tertiary/aromatic N) is 1. The number of carbonyl (C=O) groups is 2. The van der Waals surface area contributed by atoms with E-state index in [1.165, 1.54) is 11.8 Å². The smallest absolute Gasteiger partial charge is 0.235 e. The molecule has 0 unspecified atom stereocenters. The molecule has 23 heavy (non-hydrogen) atoms. The number of thioether (sulfide) groups is 1. The first kappa shape index (κ1) is 17.5. The summed E-state index contributed by atoms with van der Waals surface area (Å²) in [6.07, 6.45) is 1.64. The maximum atomic E-state index is 11.8. The number of hydrogen-bond donors (Lipinski definition) is 2. The third-order valence-corrected chi connectivity index (χ3v) is 4.18. The number of hydrogen-bond acceptors (Lipinski definition) is 4. The standard InChI is InChI=1S/C16H16BrN3O2S/c1-11-5-6-18-14(7-11)20-16(22)10-23-9-15(21)19-13-4-2-3-12(17)8-13/h2-8H,9-10H2,1H3,(H,19,21)(H,18,20,22). The van der Waals surface area contributed by atoms with Gasteiger partial charge in [0.25, 0.3) is 0 Å². The van der Waals surface area contributed by atoms with Crippen molar-refractivity contribution >= 4 is 51.0 Å². The first-order valence-corrected chi connectivity index (χ1v) is 8.83. The van der Waals surface area contributed by atoms with Crippen molar-refractivity contribution in [2.45, 2.75) is 6.92 Å². The summed E-state index contributed by atoms with van der Waals surface area (Å²) in [4.78, 5) is 27.7. The number of carbonyl (C=O) groups excluding carboxylic acids is 2. The zero-order valence-corrected chi connectivity index (χ0v) is 14.9. The molecule has 7 heteroatoms. The first-order valence-electron chi connectivity index (χ1n) is 6.88. The highest BCUT2D eigenvalue weighted by Gasteiger charge is 2.07. The molecule has 0 spiro atoms. The van der Waals surface area contributed by atoms with E-state index in [1.54, 1.807) is 12.3 Å². The minimum Gasteiger partial charge on any atom is -0.325 e. The molecule has 5 nitrogen and oxygen atoms in total. The lowest BCUT2D eigenvalue weighted by molar-refractivity contribution is -0.114. The predicted octanol–water partition coefficient (Wildman–Crippen LogP) is 3.46. The lowest BCUT2D eigenvalue weighted by Crippen LogP contribution is -2.18. The molecule has 120 valence electrons. The van der Waals surface area contributed by atoms with Crippen molar-refractivity contribution in [2.75, 3.05) is 22.1 Å². The normalized spacial score (nSPS) is 10.2. The summed E-state index contributed by atoms with van der Waals surface area (Å²) >= 11 is 4.60. The number of rotatable bonds is 6. The van der Waals surface area contributed by atoms with Gasteiger partial charge in [-0.15, -0.1) is 11.8 Å². The van der Waals surface area contributed by atoms with E-state index in [1.807, 2.05) is 37.3 Å². The molecule has 0 fully saturated rings. The van der Waals surface area contributed by atoms with E-state index in [-0.39, 0.29) is 23.3 Å².